The number of aromatic nitrogens is 1. The van der Waals surface area contributed by atoms with Crippen molar-refractivity contribution in [2.75, 3.05) is 14.1 Å². The second-order valence-electron chi connectivity index (χ2n) is 5.50. The van der Waals surface area contributed by atoms with Crippen LogP contribution in [-0.4, -0.2) is 37.8 Å². The average molecular weight is 413 g/mol. The Morgan fingerprint density at radius 1 is 1.27 bits per heavy atom. The minimum Gasteiger partial charge on any atom is -0.457 e. The maximum absolute atomic E-state index is 12.0. The average Bonchev–Trinajstić information content (AvgIpc) is 3.33. The van der Waals surface area contributed by atoms with Crippen molar-refractivity contribution in [2.24, 2.45) is 0 Å². The zero-order chi connectivity index (χ0) is 18.7. The highest BCUT2D eigenvalue weighted by Gasteiger charge is 2.22. The van der Waals surface area contributed by atoms with E-state index in [2.05, 4.69) is 4.98 Å². The number of furan rings is 1. The summed E-state index contributed by atoms with van der Waals surface area (Å²) >= 11 is 3.06. The number of hydrogen-bond donors (Lipinski definition) is 0. The van der Waals surface area contributed by atoms with Crippen molar-refractivity contribution in [1.29, 1.82) is 0 Å². The second kappa shape index (κ2) is 7.70. The summed E-state index contributed by atoms with van der Waals surface area (Å²) in [6.45, 7) is -0.136. The van der Waals surface area contributed by atoms with Gasteiger partial charge in [0.2, 0.25) is 5.09 Å². The van der Waals surface area contributed by atoms with Gasteiger partial charge in [0.15, 0.2) is 0 Å². The number of ether oxygens (including phenoxy) is 1. The predicted octanol–water partition coefficient (Wildman–Crippen LogP) is 3.00. The number of nitrogens with zero attached hydrogens (tertiary/aromatic N) is 2. The molecule has 0 aliphatic carbocycles. The first kappa shape index (κ1) is 18.8. The summed E-state index contributed by atoms with van der Waals surface area (Å²) in [4.78, 5) is 16.4. The molecule has 10 heteroatoms. The molecular formula is C16H16N2O5S3. The highest BCUT2D eigenvalue weighted by molar-refractivity contribution is 7.88. The van der Waals surface area contributed by atoms with Crippen molar-refractivity contribution < 1.29 is 22.4 Å². The number of esters is 1. The van der Waals surface area contributed by atoms with Gasteiger partial charge in [-0.3, -0.25) is 4.79 Å². The Balaban J connectivity index is 1.56. The van der Waals surface area contributed by atoms with Crippen molar-refractivity contribution in [3.05, 3.63) is 45.8 Å². The predicted molar refractivity (Wildman–Crippen MR) is 98.5 cm³/mol. The molecule has 0 aromatic carbocycles. The maximum Gasteiger partial charge on any atom is 0.312 e. The lowest BCUT2D eigenvalue weighted by molar-refractivity contribution is -0.144. The Morgan fingerprint density at radius 3 is 2.77 bits per heavy atom. The molecule has 0 saturated carbocycles. The molecule has 3 aromatic rings. The number of thiophene rings is 1. The lowest BCUT2D eigenvalue weighted by Crippen LogP contribution is -2.21. The van der Waals surface area contributed by atoms with Gasteiger partial charge in [0.1, 0.15) is 17.4 Å². The molecule has 0 spiro atoms. The summed E-state index contributed by atoms with van der Waals surface area (Å²) in [7, 11) is -0.819. The quantitative estimate of drug-likeness (QED) is 0.554. The summed E-state index contributed by atoms with van der Waals surface area (Å²) in [5.74, 6) is -0.198. The van der Waals surface area contributed by atoms with Gasteiger partial charge in [-0.25, -0.2) is 17.7 Å². The third-order valence-corrected chi connectivity index (χ3v) is 6.71. The van der Waals surface area contributed by atoms with E-state index in [0.717, 1.165) is 14.9 Å². The minimum absolute atomic E-state index is 0.0458. The van der Waals surface area contributed by atoms with E-state index >= 15 is 0 Å². The molecule has 0 amide bonds. The van der Waals surface area contributed by atoms with Gasteiger partial charge in [-0.1, -0.05) is 0 Å². The normalized spacial score (nSPS) is 11.8. The van der Waals surface area contributed by atoms with E-state index in [4.69, 9.17) is 9.15 Å². The molecule has 0 aliphatic heterocycles. The molecule has 0 aliphatic rings. The molecule has 0 saturated heterocycles. The molecule has 7 nitrogen and oxygen atoms in total. The lowest BCUT2D eigenvalue weighted by Gasteiger charge is -2.07. The van der Waals surface area contributed by atoms with Crippen LogP contribution in [0.25, 0.3) is 10.6 Å². The smallest absolute Gasteiger partial charge is 0.312 e. The van der Waals surface area contributed by atoms with E-state index in [1.807, 2.05) is 22.2 Å². The molecule has 26 heavy (non-hydrogen) atoms. The van der Waals surface area contributed by atoms with Gasteiger partial charge in [-0.2, -0.15) is 11.3 Å². The summed E-state index contributed by atoms with van der Waals surface area (Å²) < 4.78 is 35.3. The van der Waals surface area contributed by atoms with E-state index in [0.29, 0.717) is 5.69 Å². The SMILES string of the molecule is CN(C)S(=O)(=O)c1ccc(COC(=O)Cc2csc(-c3ccsc3)n2)o1. The number of hydrogen-bond acceptors (Lipinski definition) is 8. The third kappa shape index (κ3) is 4.21. The topological polar surface area (TPSA) is 89.7 Å². The molecule has 0 radical (unpaired) electrons. The van der Waals surface area contributed by atoms with Crippen LogP contribution in [-0.2, 0) is 32.6 Å². The monoisotopic (exact) mass is 412 g/mol. The second-order valence-corrected chi connectivity index (χ2v) is 9.22. The van der Waals surface area contributed by atoms with Crippen LogP contribution < -0.4 is 0 Å². The lowest BCUT2D eigenvalue weighted by atomic mass is 10.3. The fraction of sp³-hybridized carbons (Fsp3) is 0.250. The van der Waals surface area contributed by atoms with Gasteiger partial charge >= 0.3 is 5.97 Å². The van der Waals surface area contributed by atoms with Gasteiger partial charge in [0.25, 0.3) is 10.0 Å². The summed E-state index contributed by atoms with van der Waals surface area (Å²) in [6, 6.07) is 4.79. The first-order valence-corrected chi connectivity index (χ1v) is 10.8. The van der Waals surface area contributed by atoms with Gasteiger partial charge in [0, 0.05) is 30.4 Å². The van der Waals surface area contributed by atoms with Gasteiger partial charge < -0.3 is 9.15 Å². The first-order chi connectivity index (χ1) is 12.4. The van der Waals surface area contributed by atoms with Gasteiger partial charge in [-0.05, 0) is 23.6 Å². The number of carbonyl (C=O) groups is 1. The molecule has 0 unspecified atom stereocenters. The van der Waals surface area contributed by atoms with Crippen molar-refractivity contribution in [3.8, 4) is 10.6 Å². The Morgan fingerprint density at radius 2 is 2.08 bits per heavy atom. The van der Waals surface area contributed by atoms with Crippen LogP contribution in [0.3, 0.4) is 0 Å². The Labute approximate surface area is 158 Å². The van der Waals surface area contributed by atoms with Crippen LogP contribution in [0.2, 0.25) is 0 Å². The zero-order valence-corrected chi connectivity index (χ0v) is 16.5. The molecule has 0 N–H and O–H groups in total. The Bertz CT molecular complexity index is 987. The molecule has 3 rings (SSSR count). The van der Waals surface area contributed by atoms with E-state index < -0.39 is 16.0 Å². The van der Waals surface area contributed by atoms with E-state index in [1.54, 1.807) is 11.3 Å². The molecule has 0 fully saturated rings. The minimum atomic E-state index is -3.64. The highest BCUT2D eigenvalue weighted by atomic mass is 32.2. The van der Waals surface area contributed by atoms with E-state index in [-0.39, 0.29) is 23.9 Å². The summed E-state index contributed by atoms with van der Waals surface area (Å²) in [5, 5.41) is 6.46. The van der Waals surface area contributed by atoms with Crippen LogP contribution in [0.15, 0.2) is 43.8 Å². The molecule has 0 atom stereocenters. The maximum atomic E-state index is 12.0. The Kier molecular flexibility index (Phi) is 5.56. The first-order valence-electron chi connectivity index (χ1n) is 7.50. The number of carbonyl (C=O) groups excluding carboxylic acids is 1. The molecule has 0 bridgehead atoms. The van der Waals surface area contributed by atoms with Gasteiger partial charge in [0.05, 0.1) is 12.1 Å². The Hall–Kier alpha value is -2.01. The highest BCUT2D eigenvalue weighted by Crippen LogP contribution is 2.26. The van der Waals surface area contributed by atoms with Crippen LogP contribution in [0.4, 0.5) is 0 Å². The standard InChI is InChI=1S/C16H16N2O5S3/c1-18(2)26(20,21)15-4-3-13(23-15)8-22-14(19)7-12-10-25-16(17-12)11-5-6-24-9-11/h3-6,9-10H,7-8H2,1-2H3. The summed E-state index contributed by atoms with van der Waals surface area (Å²) in [6.07, 6.45) is 0.0458. The largest absolute Gasteiger partial charge is 0.457 e. The third-order valence-electron chi connectivity index (χ3n) is 3.39. The van der Waals surface area contributed by atoms with Crippen molar-refractivity contribution in [2.45, 2.75) is 18.1 Å². The molecular weight excluding hydrogens is 396 g/mol. The fourth-order valence-electron chi connectivity index (χ4n) is 2.01. The van der Waals surface area contributed by atoms with Gasteiger partial charge in [-0.15, -0.1) is 11.3 Å². The van der Waals surface area contributed by atoms with Crippen molar-refractivity contribution in [1.82, 2.24) is 9.29 Å². The van der Waals surface area contributed by atoms with Crippen LogP contribution >= 0.6 is 22.7 Å². The van der Waals surface area contributed by atoms with E-state index in [1.165, 1.54) is 37.6 Å². The summed E-state index contributed by atoms with van der Waals surface area (Å²) in [5.41, 5.74) is 1.67. The molecule has 3 heterocycles. The number of rotatable bonds is 7. The van der Waals surface area contributed by atoms with Crippen LogP contribution in [0, 0.1) is 0 Å². The molecule has 138 valence electrons. The molecule has 3 aromatic heterocycles. The van der Waals surface area contributed by atoms with Crippen LogP contribution in [0.1, 0.15) is 11.5 Å². The van der Waals surface area contributed by atoms with Crippen molar-refractivity contribution >= 4 is 38.7 Å². The van der Waals surface area contributed by atoms with Crippen molar-refractivity contribution in [3.63, 3.8) is 0 Å². The number of thiazole rings is 1. The zero-order valence-electron chi connectivity index (χ0n) is 14.0. The van der Waals surface area contributed by atoms with Crippen LogP contribution in [0.5, 0.6) is 0 Å². The van der Waals surface area contributed by atoms with E-state index in [9.17, 15) is 13.2 Å². The number of sulfonamides is 1. The fourth-order valence-corrected chi connectivity index (χ4v) is 4.36.